The zero-order valence-corrected chi connectivity index (χ0v) is 14.5. The third-order valence-electron chi connectivity index (χ3n) is 3.35. The lowest BCUT2D eigenvalue weighted by molar-refractivity contribution is 0.845. The summed E-state index contributed by atoms with van der Waals surface area (Å²) < 4.78 is 2.08. The highest BCUT2D eigenvalue weighted by molar-refractivity contribution is 9.11. The molecule has 0 spiro atoms. The number of hydrogen-bond acceptors (Lipinski definition) is 1. The van der Waals surface area contributed by atoms with Gasteiger partial charge in [0, 0.05) is 8.95 Å². The minimum atomic E-state index is -0.108. The number of benzene rings is 2. The highest BCUT2D eigenvalue weighted by Gasteiger charge is 2.17. The molecule has 0 saturated heterocycles. The summed E-state index contributed by atoms with van der Waals surface area (Å²) in [7, 11) is 0. The number of rotatable bonds is 2. The van der Waals surface area contributed by atoms with Crippen LogP contribution in [-0.2, 0) is 0 Å². The second-order valence-corrected chi connectivity index (χ2v) is 6.73. The molecule has 2 rings (SSSR count). The van der Waals surface area contributed by atoms with Crippen molar-refractivity contribution in [2.24, 2.45) is 5.73 Å². The number of aryl methyl sites for hydroxylation is 3. The van der Waals surface area contributed by atoms with Gasteiger partial charge >= 0.3 is 0 Å². The maximum Gasteiger partial charge on any atom is 0.0568 e. The molecule has 0 heterocycles. The average molecular weight is 383 g/mol. The molecule has 2 N–H and O–H groups in total. The van der Waals surface area contributed by atoms with Gasteiger partial charge in [-0.1, -0.05) is 55.6 Å². The Morgan fingerprint density at radius 3 is 2.05 bits per heavy atom. The fourth-order valence-corrected chi connectivity index (χ4v) is 3.88. The Kier molecular flexibility index (Phi) is 4.49. The summed E-state index contributed by atoms with van der Waals surface area (Å²) in [6.45, 7) is 6.37. The molecule has 0 aromatic heterocycles. The van der Waals surface area contributed by atoms with Crippen molar-refractivity contribution in [1.82, 2.24) is 0 Å². The van der Waals surface area contributed by atoms with Gasteiger partial charge in [0.2, 0.25) is 0 Å². The molecule has 0 aliphatic rings. The Morgan fingerprint density at radius 2 is 1.53 bits per heavy atom. The largest absolute Gasteiger partial charge is 0.320 e. The summed E-state index contributed by atoms with van der Waals surface area (Å²) in [5, 5.41) is 0. The molecule has 0 aliphatic heterocycles. The second kappa shape index (κ2) is 5.78. The van der Waals surface area contributed by atoms with Crippen molar-refractivity contribution in [3.05, 3.63) is 67.1 Å². The fraction of sp³-hybridized carbons (Fsp3) is 0.250. The number of halogens is 2. The molecule has 19 heavy (non-hydrogen) atoms. The Hall–Kier alpha value is -0.640. The summed E-state index contributed by atoms with van der Waals surface area (Å²) >= 11 is 7.07. The van der Waals surface area contributed by atoms with Crippen molar-refractivity contribution in [1.29, 1.82) is 0 Å². The first-order valence-corrected chi connectivity index (χ1v) is 7.77. The molecule has 0 radical (unpaired) electrons. The third-order valence-corrected chi connectivity index (χ3v) is 4.53. The zero-order chi connectivity index (χ0) is 14.2. The fourth-order valence-electron chi connectivity index (χ4n) is 2.59. The molecular formula is C16H17Br2N. The molecule has 1 nitrogen and oxygen atoms in total. The molecule has 0 bridgehead atoms. The van der Waals surface area contributed by atoms with Crippen molar-refractivity contribution in [2.75, 3.05) is 0 Å². The highest BCUT2D eigenvalue weighted by atomic mass is 79.9. The quantitative estimate of drug-likeness (QED) is 0.760. The van der Waals surface area contributed by atoms with Crippen LogP contribution < -0.4 is 5.73 Å². The molecule has 0 aliphatic carbocycles. The van der Waals surface area contributed by atoms with Gasteiger partial charge in [-0.25, -0.2) is 0 Å². The first kappa shape index (κ1) is 14.8. The van der Waals surface area contributed by atoms with Crippen LogP contribution in [0.4, 0.5) is 0 Å². The predicted molar refractivity (Wildman–Crippen MR) is 88.5 cm³/mol. The topological polar surface area (TPSA) is 26.0 Å². The summed E-state index contributed by atoms with van der Waals surface area (Å²) in [5.74, 6) is 0. The lowest BCUT2D eigenvalue weighted by Crippen LogP contribution is -2.15. The van der Waals surface area contributed by atoms with Gasteiger partial charge in [-0.15, -0.1) is 0 Å². The van der Waals surface area contributed by atoms with Crippen LogP contribution in [0.5, 0.6) is 0 Å². The molecule has 0 fully saturated rings. The van der Waals surface area contributed by atoms with E-state index < -0.39 is 0 Å². The summed E-state index contributed by atoms with van der Waals surface area (Å²) in [6.07, 6.45) is 0. The van der Waals surface area contributed by atoms with Crippen LogP contribution in [0, 0.1) is 20.8 Å². The van der Waals surface area contributed by atoms with Gasteiger partial charge < -0.3 is 5.73 Å². The van der Waals surface area contributed by atoms with Crippen LogP contribution in [0.25, 0.3) is 0 Å². The Balaban J connectivity index is 2.53. The molecule has 0 saturated carbocycles. The van der Waals surface area contributed by atoms with E-state index in [9.17, 15) is 0 Å². The third kappa shape index (κ3) is 3.10. The van der Waals surface area contributed by atoms with Crippen LogP contribution in [0.3, 0.4) is 0 Å². The van der Waals surface area contributed by atoms with E-state index in [1.165, 1.54) is 22.3 Å². The van der Waals surface area contributed by atoms with Gasteiger partial charge in [-0.2, -0.15) is 0 Å². The van der Waals surface area contributed by atoms with Gasteiger partial charge in [0.15, 0.2) is 0 Å². The summed E-state index contributed by atoms with van der Waals surface area (Å²) in [4.78, 5) is 0. The summed E-state index contributed by atoms with van der Waals surface area (Å²) in [6, 6.07) is 10.4. The second-order valence-electron chi connectivity index (χ2n) is 4.96. The molecule has 3 heteroatoms. The van der Waals surface area contributed by atoms with Gasteiger partial charge in [-0.05, 0) is 55.2 Å². The van der Waals surface area contributed by atoms with Crippen molar-refractivity contribution in [2.45, 2.75) is 26.8 Å². The summed E-state index contributed by atoms with van der Waals surface area (Å²) in [5.41, 5.74) is 12.6. The maximum atomic E-state index is 6.47. The standard InChI is InChI=1S/C16H17Br2N/c1-9-6-10(2)15(11(3)7-9)16(19)13-5-4-12(17)8-14(13)18/h4-8,16H,19H2,1-3H3. The van der Waals surface area contributed by atoms with E-state index >= 15 is 0 Å². The highest BCUT2D eigenvalue weighted by Crippen LogP contribution is 2.32. The minimum Gasteiger partial charge on any atom is -0.320 e. The first-order valence-electron chi connectivity index (χ1n) is 6.18. The molecule has 2 aromatic rings. The van der Waals surface area contributed by atoms with E-state index in [2.05, 4.69) is 70.8 Å². The maximum absolute atomic E-state index is 6.47. The Morgan fingerprint density at radius 1 is 0.947 bits per heavy atom. The van der Waals surface area contributed by atoms with Crippen molar-refractivity contribution in [3.8, 4) is 0 Å². The Bertz CT molecular complexity index is 597. The lowest BCUT2D eigenvalue weighted by Gasteiger charge is -2.20. The molecule has 1 unspecified atom stereocenters. The van der Waals surface area contributed by atoms with Gasteiger partial charge in [0.05, 0.1) is 6.04 Å². The molecule has 0 amide bonds. The molecule has 1 atom stereocenters. The minimum absolute atomic E-state index is 0.108. The van der Waals surface area contributed by atoms with Gasteiger partial charge in [0.1, 0.15) is 0 Å². The smallest absolute Gasteiger partial charge is 0.0568 e. The predicted octanol–water partition coefficient (Wildman–Crippen LogP) is 5.18. The van der Waals surface area contributed by atoms with E-state index in [0.29, 0.717) is 0 Å². The van der Waals surface area contributed by atoms with E-state index in [1.807, 2.05) is 12.1 Å². The number of hydrogen-bond donors (Lipinski definition) is 1. The van der Waals surface area contributed by atoms with Crippen LogP contribution >= 0.6 is 31.9 Å². The van der Waals surface area contributed by atoms with Gasteiger partial charge in [-0.3, -0.25) is 0 Å². The van der Waals surface area contributed by atoms with Crippen LogP contribution in [0.15, 0.2) is 39.3 Å². The molecular weight excluding hydrogens is 366 g/mol. The number of nitrogens with two attached hydrogens (primary N) is 1. The monoisotopic (exact) mass is 381 g/mol. The van der Waals surface area contributed by atoms with Crippen LogP contribution in [0.2, 0.25) is 0 Å². The van der Waals surface area contributed by atoms with E-state index in [4.69, 9.17) is 5.73 Å². The zero-order valence-electron chi connectivity index (χ0n) is 11.3. The van der Waals surface area contributed by atoms with E-state index in [0.717, 1.165) is 14.5 Å². The average Bonchev–Trinajstić information content (AvgIpc) is 2.26. The SMILES string of the molecule is Cc1cc(C)c(C(N)c2ccc(Br)cc2Br)c(C)c1. The van der Waals surface area contributed by atoms with Gasteiger partial charge in [0.25, 0.3) is 0 Å². The van der Waals surface area contributed by atoms with Crippen molar-refractivity contribution < 1.29 is 0 Å². The van der Waals surface area contributed by atoms with Crippen molar-refractivity contribution in [3.63, 3.8) is 0 Å². The van der Waals surface area contributed by atoms with Crippen molar-refractivity contribution >= 4 is 31.9 Å². The van der Waals surface area contributed by atoms with E-state index in [1.54, 1.807) is 0 Å². The normalized spacial score (nSPS) is 12.5. The van der Waals surface area contributed by atoms with E-state index in [-0.39, 0.29) is 6.04 Å². The van der Waals surface area contributed by atoms with Crippen LogP contribution in [0.1, 0.15) is 33.9 Å². The van der Waals surface area contributed by atoms with Crippen LogP contribution in [-0.4, -0.2) is 0 Å². The molecule has 100 valence electrons. The lowest BCUT2D eigenvalue weighted by atomic mass is 9.90. The first-order chi connectivity index (χ1) is 8.90. The Labute approximate surface area is 131 Å². The molecule has 2 aromatic carbocycles.